The Bertz CT molecular complexity index is 1130. The monoisotopic (exact) mass is 450 g/mol. The molecule has 1 unspecified atom stereocenters. The van der Waals surface area contributed by atoms with Crippen LogP contribution in [0.5, 0.6) is 0 Å². The number of rotatable bonds is 6. The van der Waals surface area contributed by atoms with Crippen molar-refractivity contribution in [3.05, 3.63) is 76.8 Å². The Balaban J connectivity index is 2.03. The third-order valence-corrected chi connectivity index (χ3v) is 5.51. The number of hydrogen-bond donors (Lipinski definition) is 1. The lowest BCUT2D eigenvalue weighted by Crippen LogP contribution is -2.31. The first kappa shape index (κ1) is 23.4. The van der Waals surface area contributed by atoms with E-state index in [-0.39, 0.29) is 23.8 Å². The second kappa shape index (κ2) is 9.92. The second-order valence-electron chi connectivity index (χ2n) is 8.13. The van der Waals surface area contributed by atoms with Crippen molar-refractivity contribution in [3.63, 3.8) is 0 Å². The summed E-state index contributed by atoms with van der Waals surface area (Å²) in [5, 5.41) is 3.54. The lowest BCUT2D eigenvalue weighted by atomic mass is 9.99. The minimum atomic E-state index is -0.332. The van der Waals surface area contributed by atoms with Crippen LogP contribution in [0.3, 0.4) is 0 Å². The number of aromatic nitrogens is 2. The molecular weight excluding hydrogens is 424 g/mol. The number of hydrogen-bond acceptors (Lipinski definition) is 4. The molecule has 6 nitrogen and oxygen atoms in total. The van der Waals surface area contributed by atoms with E-state index in [9.17, 15) is 9.59 Å². The summed E-state index contributed by atoms with van der Waals surface area (Å²) in [6.45, 7) is 7.50. The normalized spacial score (nSPS) is 11.8. The summed E-state index contributed by atoms with van der Waals surface area (Å²) in [6.07, 6.45) is 4.79. The first-order valence-electron chi connectivity index (χ1n) is 10.4. The Morgan fingerprint density at radius 2 is 1.81 bits per heavy atom. The molecule has 2 aromatic carbocycles. The molecule has 0 radical (unpaired) electrons. The van der Waals surface area contributed by atoms with Gasteiger partial charge in [0, 0.05) is 47.2 Å². The molecule has 32 heavy (non-hydrogen) atoms. The van der Waals surface area contributed by atoms with Gasteiger partial charge in [-0.3, -0.25) is 19.6 Å². The third-order valence-electron chi connectivity index (χ3n) is 5.20. The molecule has 3 aromatic rings. The molecule has 1 N–H and O–H groups in total. The summed E-state index contributed by atoms with van der Waals surface area (Å²) in [5.74, 6) is -0.503. The highest BCUT2D eigenvalue weighted by Gasteiger charge is 2.20. The molecule has 1 atom stereocenters. The molecule has 7 heteroatoms. The molecule has 0 saturated carbocycles. The van der Waals surface area contributed by atoms with E-state index in [0.29, 0.717) is 22.0 Å². The van der Waals surface area contributed by atoms with E-state index in [0.717, 1.165) is 16.7 Å². The van der Waals surface area contributed by atoms with Crippen molar-refractivity contribution in [2.75, 3.05) is 11.9 Å². The van der Waals surface area contributed by atoms with Crippen LogP contribution in [-0.4, -0.2) is 28.8 Å². The van der Waals surface area contributed by atoms with Gasteiger partial charge in [0.25, 0.3) is 5.91 Å². The molecule has 0 bridgehead atoms. The van der Waals surface area contributed by atoms with Crippen molar-refractivity contribution < 1.29 is 9.59 Å². The average molecular weight is 451 g/mol. The number of aryl methyl sites for hydroxylation is 1. The van der Waals surface area contributed by atoms with Crippen LogP contribution in [0.25, 0.3) is 11.1 Å². The van der Waals surface area contributed by atoms with Crippen LogP contribution < -0.4 is 10.2 Å². The summed E-state index contributed by atoms with van der Waals surface area (Å²) < 4.78 is 0. The van der Waals surface area contributed by atoms with Crippen LogP contribution in [0, 0.1) is 12.8 Å². The standard InChI is InChI=1S/C25H27ClN4O2/c1-15(2)25(32)30(5)20-12-18(21-7-6-16(3)10-22(21)26)11-19(13-20)24(31)29-17(4)23-14-27-8-9-28-23/h6-15,17H,1-5H3,(H,29,31). The number of anilines is 1. The smallest absolute Gasteiger partial charge is 0.251 e. The molecule has 0 aliphatic heterocycles. The molecule has 166 valence electrons. The second-order valence-corrected chi connectivity index (χ2v) is 8.54. The van der Waals surface area contributed by atoms with Gasteiger partial charge in [0.05, 0.1) is 17.9 Å². The molecule has 1 heterocycles. The average Bonchev–Trinajstić information content (AvgIpc) is 2.78. The van der Waals surface area contributed by atoms with Crippen LogP contribution in [-0.2, 0) is 4.79 Å². The molecule has 0 fully saturated rings. The first-order valence-corrected chi connectivity index (χ1v) is 10.8. The number of nitrogens with zero attached hydrogens (tertiary/aromatic N) is 3. The molecule has 3 rings (SSSR count). The summed E-state index contributed by atoms with van der Waals surface area (Å²) in [5.41, 5.74) is 4.29. The third kappa shape index (κ3) is 5.32. The Morgan fingerprint density at radius 3 is 2.44 bits per heavy atom. The molecule has 1 aromatic heterocycles. The van der Waals surface area contributed by atoms with E-state index >= 15 is 0 Å². The van der Waals surface area contributed by atoms with Crippen molar-refractivity contribution in [2.24, 2.45) is 5.92 Å². The maximum absolute atomic E-state index is 13.1. The Hall–Kier alpha value is -3.25. The fourth-order valence-electron chi connectivity index (χ4n) is 3.35. The lowest BCUT2D eigenvalue weighted by Gasteiger charge is -2.22. The van der Waals surface area contributed by atoms with Gasteiger partial charge in [-0.15, -0.1) is 0 Å². The fourth-order valence-corrected chi connectivity index (χ4v) is 3.69. The van der Waals surface area contributed by atoms with E-state index in [1.807, 2.05) is 52.0 Å². The minimum Gasteiger partial charge on any atom is -0.344 e. The van der Waals surface area contributed by atoms with Crippen LogP contribution in [0.15, 0.2) is 55.0 Å². The van der Waals surface area contributed by atoms with E-state index < -0.39 is 0 Å². The number of nitrogens with one attached hydrogen (secondary N) is 1. The van der Waals surface area contributed by atoms with Gasteiger partial charge in [0.2, 0.25) is 5.91 Å². The number of carbonyl (C=O) groups excluding carboxylic acids is 2. The number of benzene rings is 2. The predicted molar refractivity (Wildman–Crippen MR) is 128 cm³/mol. The van der Waals surface area contributed by atoms with Gasteiger partial charge in [-0.25, -0.2) is 0 Å². The zero-order valence-electron chi connectivity index (χ0n) is 18.9. The van der Waals surface area contributed by atoms with Crippen LogP contribution in [0.1, 0.15) is 48.4 Å². The number of carbonyl (C=O) groups is 2. The largest absolute Gasteiger partial charge is 0.344 e. The van der Waals surface area contributed by atoms with Gasteiger partial charge < -0.3 is 10.2 Å². The van der Waals surface area contributed by atoms with E-state index in [1.54, 1.807) is 42.7 Å². The molecular formula is C25H27ClN4O2. The first-order chi connectivity index (χ1) is 15.2. The van der Waals surface area contributed by atoms with Crippen molar-refractivity contribution in [1.82, 2.24) is 15.3 Å². The Labute approximate surface area is 193 Å². The zero-order chi connectivity index (χ0) is 23.4. The summed E-state index contributed by atoms with van der Waals surface area (Å²) >= 11 is 6.51. The van der Waals surface area contributed by atoms with Crippen LogP contribution in [0.4, 0.5) is 5.69 Å². The topological polar surface area (TPSA) is 75.2 Å². The van der Waals surface area contributed by atoms with Gasteiger partial charge >= 0.3 is 0 Å². The van der Waals surface area contributed by atoms with Gasteiger partial charge in [0.1, 0.15) is 0 Å². The highest BCUT2D eigenvalue weighted by molar-refractivity contribution is 6.33. The van der Waals surface area contributed by atoms with E-state index in [1.165, 1.54) is 0 Å². The van der Waals surface area contributed by atoms with Gasteiger partial charge in [-0.05, 0) is 49.2 Å². The van der Waals surface area contributed by atoms with Gasteiger partial charge in [-0.2, -0.15) is 0 Å². The molecule has 0 aliphatic rings. The van der Waals surface area contributed by atoms with Gasteiger partial charge in [-0.1, -0.05) is 37.6 Å². The molecule has 0 saturated heterocycles. The molecule has 0 aliphatic carbocycles. The van der Waals surface area contributed by atoms with Crippen molar-refractivity contribution in [2.45, 2.75) is 33.7 Å². The zero-order valence-corrected chi connectivity index (χ0v) is 19.6. The van der Waals surface area contributed by atoms with Crippen molar-refractivity contribution in [3.8, 4) is 11.1 Å². The number of halogens is 1. The lowest BCUT2D eigenvalue weighted by molar-refractivity contribution is -0.121. The van der Waals surface area contributed by atoms with Crippen molar-refractivity contribution in [1.29, 1.82) is 0 Å². The SMILES string of the molecule is Cc1ccc(-c2cc(C(=O)NC(C)c3cnccn3)cc(N(C)C(=O)C(C)C)c2)c(Cl)c1. The highest BCUT2D eigenvalue weighted by Crippen LogP contribution is 2.33. The predicted octanol–water partition coefficient (Wildman–Crippen LogP) is 5.22. The Kier molecular flexibility index (Phi) is 7.26. The summed E-state index contributed by atoms with van der Waals surface area (Å²) in [7, 11) is 1.71. The molecule has 0 spiro atoms. The maximum atomic E-state index is 13.1. The van der Waals surface area contributed by atoms with E-state index in [2.05, 4.69) is 15.3 Å². The quantitative estimate of drug-likeness (QED) is 0.559. The summed E-state index contributed by atoms with van der Waals surface area (Å²) in [4.78, 5) is 35.6. The highest BCUT2D eigenvalue weighted by atomic mass is 35.5. The minimum absolute atomic E-state index is 0.0450. The van der Waals surface area contributed by atoms with Crippen molar-refractivity contribution >= 4 is 29.1 Å². The van der Waals surface area contributed by atoms with E-state index in [4.69, 9.17) is 11.6 Å². The van der Waals surface area contributed by atoms with Gasteiger partial charge in [0.15, 0.2) is 0 Å². The Morgan fingerprint density at radius 1 is 1.06 bits per heavy atom. The fraction of sp³-hybridized carbons (Fsp3) is 0.280. The number of amides is 2. The van der Waals surface area contributed by atoms with Crippen LogP contribution in [0.2, 0.25) is 5.02 Å². The molecule has 2 amide bonds. The maximum Gasteiger partial charge on any atom is 0.251 e. The summed E-state index contributed by atoms with van der Waals surface area (Å²) in [6, 6.07) is 10.8. The van der Waals surface area contributed by atoms with Crippen LogP contribution >= 0.6 is 11.6 Å².